The summed E-state index contributed by atoms with van der Waals surface area (Å²) in [5.41, 5.74) is -0.185. The van der Waals surface area contributed by atoms with E-state index in [1.807, 2.05) is 13.8 Å². The molecule has 2 rings (SSSR count). The van der Waals surface area contributed by atoms with Crippen molar-refractivity contribution < 1.29 is 9.53 Å². The Morgan fingerprint density at radius 3 is 2.77 bits per heavy atom. The van der Waals surface area contributed by atoms with Crippen molar-refractivity contribution in [2.24, 2.45) is 15.8 Å². The van der Waals surface area contributed by atoms with E-state index in [-0.39, 0.29) is 5.91 Å². The van der Waals surface area contributed by atoms with E-state index in [2.05, 4.69) is 22.5 Å². The van der Waals surface area contributed by atoms with E-state index in [0.29, 0.717) is 12.0 Å². The van der Waals surface area contributed by atoms with E-state index in [4.69, 9.17) is 9.73 Å². The number of hydrogen-bond donors (Lipinski definition) is 2. The summed E-state index contributed by atoms with van der Waals surface area (Å²) in [5.74, 6) is 0.942. The van der Waals surface area contributed by atoms with Crippen LogP contribution in [0, 0.1) is 10.8 Å². The number of guanidine groups is 1. The summed E-state index contributed by atoms with van der Waals surface area (Å²) >= 11 is 0. The first-order valence-electron chi connectivity index (χ1n) is 8.26. The number of hydrogen-bond acceptors (Lipinski definition) is 3. The van der Waals surface area contributed by atoms with Crippen LogP contribution in [-0.2, 0) is 9.53 Å². The van der Waals surface area contributed by atoms with E-state index in [1.54, 1.807) is 7.05 Å². The van der Waals surface area contributed by atoms with Gasteiger partial charge in [-0.3, -0.25) is 9.79 Å². The first kappa shape index (κ1) is 17.1. The maximum absolute atomic E-state index is 11.9. The molecular formula is C16H30N4O2. The fraction of sp³-hybridized carbons (Fsp3) is 0.875. The monoisotopic (exact) mass is 310 g/mol. The van der Waals surface area contributed by atoms with Crippen molar-refractivity contribution in [2.45, 2.75) is 33.6 Å². The Kier molecular flexibility index (Phi) is 5.32. The Morgan fingerprint density at radius 1 is 1.41 bits per heavy atom. The number of rotatable bonds is 4. The van der Waals surface area contributed by atoms with Crippen molar-refractivity contribution in [1.82, 2.24) is 15.5 Å². The van der Waals surface area contributed by atoms with Crippen LogP contribution >= 0.6 is 0 Å². The molecule has 0 aromatic carbocycles. The minimum absolute atomic E-state index is 0.0224. The van der Waals surface area contributed by atoms with Crippen molar-refractivity contribution in [2.75, 3.05) is 46.4 Å². The number of ether oxygens (including phenoxy) is 1. The summed E-state index contributed by atoms with van der Waals surface area (Å²) in [7, 11) is 1.67. The molecule has 0 aliphatic carbocycles. The molecule has 2 aliphatic heterocycles. The quantitative estimate of drug-likeness (QED) is 0.596. The highest BCUT2D eigenvalue weighted by atomic mass is 16.5. The molecule has 0 saturated carbocycles. The molecule has 6 heteroatoms. The zero-order valence-corrected chi connectivity index (χ0v) is 14.4. The third kappa shape index (κ3) is 3.72. The summed E-state index contributed by atoms with van der Waals surface area (Å²) in [6.07, 6.45) is 2.31. The molecule has 0 aromatic heterocycles. The molecule has 126 valence electrons. The molecule has 2 heterocycles. The Bertz CT molecular complexity index is 428. The Morgan fingerprint density at radius 2 is 2.18 bits per heavy atom. The second kappa shape index (κ2) is 6.86. The summed E-state index contributed by atoms with van der Waals surface area (Å²) in [4.78, 5) is 18.9. The lowest BCUT2D eigenvalue weighted by atomic mass is 9.87. The Hall–Kier alpha value is -1.30. The molecule has 6 nitrogen and oxygen atoms in total. The second-order valence-corrected chi connectivity index (χ2v) is 7.11. The van der Waals surface area contributed by atoms with Gasteiger partial charge in [0.25, 0.3) is 0 Å². The fourth-order valence-corrected chi connectivity index (χ4v) is 3.20. The molecule has 1 unspecified atom stereocenters. The zero-order chi connectivity index (χ0) is 16.2. The van der Waals surface area contributed by atoms with E-state index in [1.165, 1.54) is 0 Å². The molecule has 1 atom stereocenters. The normalized spacial score (nSPS) is 25.8. The van der Waals surface area contributed by atoms with Gasteiger partial charge in [-0.2, -0.15) is 0 Å². The van der Waals surface area contributed by atoms with E-state index < -0.39 is 5.41 Å². The number of carbonyl (C=O) groups is 1. The first-order valence-corrected chi connectivity index (χ1v) is 8.26. The van der Waals surface area contributed by atoms with Gasteiger partial charge in [-0.15, -0.1) is 0 Å². The van der Waals surface area contributed by atoms with Gasteiger partial charge in [0, 0.05) is 38.7 Å². The zero-order valence-electron chi connectivity index (χ0n) is 14.4. The van der Waals surface area contributed by atoms with Crippen LogP contribution < -0.4 is 10.6 Å². The lowest BCUT2D eigenvalue weighted by Gasteiger charge is -2.26. The molecule has 1 spiro atoms. The maximum Gasteiger partial charge on any atom is 0.227 e. The molecule has 0 bridgehead atoms. The third-order valence-electron chi connectivity index (χ3n) is 4.72. The minimum Gasteiger partial charge on any atom is -0.381 e. The van der Waals surface area contributed by atoms with E-state index >= 15 is 0 Å². The maximum atomic E-state index is 11.9. The highest BCUT2D eigenvalue weighted by molar-refractivity contribution is 5.83. The third-order valence-corrected chi connectivity index (χ3v) is 4.72. The molecule has 1 amide bonds. The number of nitrogens with one attached hydrogen (secondary N) is 2. The number of aliphatic imine (C=N–C) groups is 1. The van der Waals surface area contributed by atoms with Crippen LogP contribution in [-0.4, -0.2) is 63.2 Å². The van der Waals surface area contributed by atoms with Crippen LogP contribution in [0.4, 0.5) is 0 Å². The molecule has 0 radical (unpaired) electrons. The molecule has 0 aromatic rings. The molecule has 22 heavy (non-hydrogen) atoms. The smallest absolute Gasteiger partial charge is 0.227 e. The molecular weight excluding hydrogens is 280 g/mol. The van der Waals surface area contributed by atoms with Gasteiger partial charge in [-0.1, -0.05) is 0 Å². The minimum atomic E-state index is -0.497. The van der Waals surface area contributed by atoms with Gasteiger partial charge in [0.05, 0.1) is 18.6 Å². The van der Waals surface area contributed by atoms with Gasteiger partial charge in [-0.25, -0.2) is 0 Å². The van der Waals surface area contributed by atoms with Crippen molar-refractivity contribution >= 4 is 11.9 Å². The lowest BCUT2D eigenvalue weighted by molar-refractivity contribution is -0.128. The van der Waals surface area contributed by atoms with E-state index in [0.717, 1.165) is 51.6 Å². The van der Waals surface area contributed by atoms with Crippen LogP contribution in [0.5, 0.6) is 0 Å². The Balaban J connectivity index is 2.03. The van der Waals surface area contributed by atoms with Gasteiger partial charge >= 0.3 is 0 Å². The number of carbonyl (C=O) groups excluding carboxylic acids is 1. The van der Waals surface area contributed by atoms with Gasteiger partial charge in [-0.05, 0) is 33.6 Å². The second-order valence-electron chi connectivity index (χ2n) is 7.11. The predicted molar refractivity (Wildman–Crippen MR) is 87.9 cm³/mol. The summed E-state index contributed by atoms with van der Waals surface area (Å²) < 4.78 is 5.59. The average molecular weight is 310 g/mol. The van der Waals surface area contributed by atoms with Gasteiger partial charge in [0.15, 0.2) is 5.96 Å². The summed E-state index contributed by atoms with van der Waals surface area (Å²) in [5, 5.41) is 6.08. The SMILES string of the molecule is CCNC(=NCC(C)(C)C(=O)NC)N1CCC2(CCOC2)C1. The first-order chi connectivity index (χ1) is 10.4. The molecule has 2 aliphatic rings. The van der Waals surface area contributed by atoms with Crippen LogP contribution in [0.2, 0.25) is 0 Å². The van der Waals surface area contributed by atoms with Crippen molar-refractivity contribution in [3.05, 3.63) is 0 Å². The summed E-state index contributed by atoms with van der Waals surface area (Å²) in [6, 6.07) is 0. The van der Waals surface area contributed by atoms with E-state index in [9.17, 15) is 4.79 Å². The van der Waals surface area contributed by atoms with Crippen molar-refractivity contribution in [3.63, 3.8) is 0 Å². The number of amides is 1. The molecule has 2 N–H and O–H groups in total. The highest BCUT2D eigenvalue weighted by Gasteiger charge is 2.42. The van der Waals surface area contributed by atoms with Gasteiger partial charge < -0.3 is 20.3 Å². The van der Waals surface area contributed by atoms with Crippen molar-refractivity contribution in [1.29, 1.82) is 0 Å². The lowest BCUT2D eigenvalue weighted by Crippen LogP contribution is -2.43. The standard InChI is InChI=1S/C16H30N4O2/c1-5-18-14(19-10-15(2,3)13(21)17-4)20-8-6-16(11-20)7-9-22-12-16/h5-12H2,1-4H3,(H,17,21)(H,18,19). The highest BCUT2D eigenvalue weighted by Crippen LogP contribution is 2.38. The van der Waals surface area contributed by atoms with Crippen LogP contribution in [0.3, 0.4) is 0 Å². The van der Waals surface area contributed by atoms with Crippen LogP contribution in [0.25, 0.3) is 0 Å². The topological polar surface area (TPSA) is 66.0 Å². The van der Waals surface area contributed by atoms with Crippen LogP contribution in [0.15, 0.2) is 4.99 Å². The number of likely N-dealkylation sites (tertiary alicyclic amines) is 1. The molecule has 2 fully saturated rings. The van der Waals surface area contributed by atoms with Gasteiger partial charge in [0.2, 0.25) is 5.91 Å². The number of nitrogens with zero attached hydrogens (tertiary/aromatic N) is 2. The Labute approximate surface area is 133 Å². The largest absolute Gasteiger partial charge is 0.381 e. The average Bonchev–Trinajstić information content (AvgIpc) is 3.13. The summed E-state index contributed by atoms with van der Waals surface area (Å²) in [6.45, 7) is 11.0. The van der Waals surface area contributed by atoms with Crippen LogP contribution in [0.1, 0.15) is 33.6 Å². The fourth-order valence-electron chi connectivity index (χ4n) is 3.20. The van der Waals surface area contributed by atoms with Crippen molar-refractivity contribution in [3.8, 4) is 0 Å². The van der Waals surface area contributed by atoms with Gasteiger partial charge in [0.1, 0.15) is 0 Å². The predicted octanol–water partition coefficient (Wildman–Crippen LogP) is 0.837. The molecule has 2 saturated heterocycles.